The van der Waals surface area contributed by atoms with Crippen LogP contribution in [0.25, 0.3) is 0 Å². The highest BCUT2D eigenvalue weighted by atomic mass is 16.4. The van der Waals surface area contributed by atoms with Crippen LogP contribution in [-0.4, -0.2) is 54.8 Å². The van der Waals surface area contributed by atoms with Crippen LogP contribution >= 0.6 is 0 Å². The number of likely N-dealkylation sites (N-methyl/N-ethyl adjacent to an activating group) is 1. The van der Waals surface area contributed by atoms with Crippen molar-refractivity contribution in [2.75, 3.05) is 27.7 Å². The molecular formula is C9H20N2O4. The van der Waals surface area contributed by atoms with Crippen molar-refractivity contribution in [2.45, 2.75) is 19.4 Å². The summed E-state index contributed by atoms with van der Waals surface area (Å²) >= 11 is 0. The fourth-order valence-corrected chi connectivity index (χ4v) is 0.387. The first-order valence-electron chi connectivity index (χ1n) is 4.39. The first-order valence-corrected chi connectivity index (χ1v) is 4.39. The third kappa shape index (κ3) is 15.6. The monoisotopic (exact) mass is 220 g/mol. The van der Waals surface area contributed by atoms with Crippen LogP contribution in [0.15, 0.2) is 0 Å². The lowest BCUT2D eigenvalue weighted by Gasteiger charge is -2.23. The van der Waals surface area contributed by atoms with Crippen molar-refractivity contribution in [1.29, 1.82) is 0 Å². The molecule has 6 nitrogen and oxygen atoms in total. The SMILES string of the molecule is CC(C)(N)C(=O)O.C[N+](C)(C)CC(=O)[O-]. The van der Waals surface area contributed by atoms with Gasteiger partial charge >= 0.3 is 5.97 Å². The number of quaternary nitrogens is 1. The number of nitrogens with zero attached hydrogens (tertiary/aromatic N) is 1. The van der Waals surface area contributed by atoms with Gasteiger partial charge < -0.3 is 25.2 Å². The molecule has 0 spiro atoms. The maximum Gasteiger partial charge on any atom is 0.323 e. The summed E-state index contributed by atoms with van der Waals surface area (Å²) < 4.78 is 0.419. The van der Waals surface area contributed by atoms with Gasteiger partial charge in [-0.25, -0.2) is 0 Å². The second-order valence-electron chi connectivity index (χ2n) is 4.85. The Morgan fingerprint density at radius 2 is 1.60 bits per heavy atom. The van der Waals surface area contributed by atoms with E-state index in [-0.39, 0.29) is 6.54 Å². The molecule has 0 fully saturated rings. The second-order valence-corrected chi connectivity index (χ2v) is 4.85. The van der Waals surface area contributed by atoms with Gasteiger partial charge in [0.15, 0.2) is 0 Å². The van der Waals surface area contributed by atoms with Gasteiger partial charge in [0.2, 0.25) is 0 Å². The van der Waals surface area contributed by atoms with Crippen LogP contribution in [0.4, 0.5) is 0 Å². The predicted octanol–water partition coefficient (Wildman–Crippen LogP) is -1.75. The third-order valence-corrected chi connectivity index (χ3v) is 1.15. The number of hydrogen-bond donors (Lipinski definition) is 2. The van der Waals surface area contributed by atoms with E-state index in [0.717, 1.165) is 0 Å². The minimum Gasteiger partial charge on any atom is -0.544 e. The molecule has 6 heteroatoms. The highest BCUT2D eigenvalue weighted by molar-refractivity contribution is 5.77. The maximum absolute atomic E-state index is 9.90. The van der Waals surface area contributed by atoms with E-state index in [2.05, 4.69) is 0 Å². The van der Waals surface area contributed by atoms with E-state index in [4.69, 9.17) is 10.8 Å². The van der Waals surface area contributed by atoms with Gasteiger partial charge in [-0.15, -0.1) is 0 Å². The summed E-state index contributed by atoms with van der Waals surface area (Å²) in [5.74, 6) is -1.98. The zero-order valence-electron chi connectivity index (χ0n) is 9.90. The third-order valence-electron chi connectivity index (χ3n) is 1.15. The maximum atomic E-state index is 9.90. The molecule has 90 valence electrons. The minimum atomic E-state index is -1.08. The van der Waals surface area contributed by atoms with Crippen LogP contribution in [0, 0.1) is 0 Å². The Bertz CT molecular complexity index is 225. The molecule has 0 heterocycles. The zero-order valence-corrected chi connectivity index (χ0v) is 9.90. The molecule has 0 radical (unpaired) electrons. The molecule has 0 aromatic rings. The van der Waals surface area contributed by atoms with Gasteiger partial charge in [-0.05, 0) is 13.8 Å². The van der Waals surface area contributed by atoms with E-state index >= 15 is 0 Å². The molecule has 0 atom stereocenters. The van der Waals surface area contributed by atoms with Crippen molar-refractivity contribution < 1.29 is 24.3 Å². The first kappa shape index (κ1) is 16.3. The number of nitrogens with two attached hydrogens (primary N) is 1. The number of rotatable bonds is 3. The van der Waals surface area contributed by atoms with Crippen molar-refractivity contribution in [3.8, 4) is 0 Å². The molecule has 0 saturated heterocycles. The Kier molecular flexibility index (Phi) is 6.16. The largest absolute Gasteiger partial charge is 0.544 e. The van der Waals surface area contributed by atoms with E-state index in [1.165, 1.54) is 13.8 Å². The normalized spacial score (nSPS) is 11.3. The van der Waals surface area contributed by atoms with Crippen molar-refractivity contribution in [2.24, 2.45) is 5.73 Å². The lowest BCUT2D eigenvalue weighted by atomic mass is 10.1. The molecule has 0 saturated carbocycles. The lowest BCUT2D eigenvalue weighted by Crippen LogP contribution is -2.45. The van der Waals surface area contributed by atoms with Crippen molar-refractivity contribution >= 4 is 11.9 Å². The van der Waals surface area contributed by atoms with Gasteiger partial charge in [-0.1, -0.05) is 0 Å². The Morgan fingerprint density at radius 3 is 1.60 bits per heavy atom. The number of aliphatic carboxylic acids is 2. The standard InChI is InChI=1S/C5H11NO2.C4H9NO2/c1-6(2,3)4-5(7)8;1-4(2,5)3(6)7/h4H2,1-3H3;5H2,1-2H3,(H,6,7). The predicted molar refractivity (Wildman–Crippen MR) is 53.8 cm³/mol. The van der Waals surface area contributed by atoms with E-state index in [9.17, 15) is 14.7 Å². The van der Waals surface area contributed by atoms with Crippen LogP contribution < -0.4 is 10.8 Å². The van der Waals surface area contributed by atoms with Gasteiger partial charge in [0.25, 0.3) is 0 Å². The van der Waals surface area contributed by atoms with Crippen molar-refractivity contribution in [3.63, 3.8) is 0 Å². The van der Waals surface area contributed by atoms with E-state index in [0.29, 0.717) is 4.48 Å². The van der Waals surface area contributed by atoms with Crippen molar-refractivity contribution in [1.82, 2.24) is 0 Å². The van der Waals surface area contributed by atoms with Crippen LogP contribution in [-0.2, 0) is 9.59 Å². The molecule has 0 rings (SSSR count). The number of carboxylic acids is 2. The highest BCUT2D eigenvalue weighted by Gasteiger charge is 2.19. The summed E-state index contributed by atoms with van der Waals surface area (Å²) in [5, 5.41) is 18.0. The summed E-state index contributed by atoms with van der Waals surface area (Å²) in [6, 6.07) is 0. The summed E-state index contributed by atoms with van der Waals surface area (Å²) in [7, 11) is 5.40. The molecule has 0 aliphatic rings. The topological polar surface area (TPSA) is 103 Å². The fourth-order valence-electron chi connectivity index (χ4n) is 0.387. The fraction of sp³-hybridized carbons (Fsp3) is 0.778. The lowest BCUT2D eigenvalue weighted by molar-refractivity contribution is -0.864. The average Bonchev–Trinajstić information content (AvgIpc) is 1.78. The number of hydrogen-bond acceptors (Lipinski definition) is 4. The molecule has 15 heavy (non-hydrogen) atoms. The molecule has 0 amide bonds. The Hall–Kier alpha value is -1.14. The smallest absolute Gasteiger partial charge is 0.323 e. The van der Waals surface area contributed by atoms with Gasteiger partial charge in [-0.2, -0.15) is 0 Å². The molecular weight excluding hydrogens is 200 g/mol. The molecule has 0 aliphatic carbocycles. The number of carbonyl (C=O) groups is 2. The number of carboxylic acid groups (broad SMARTS) is 2. The molecule has 0 aliphatic heterocycles. The van der Waals surface area contributed by atoms with Gasteiger partial charge in [0.1, 0.15) is 12.1 Å². The van der Waals surface area contributed by atoms with E-state index in [1.807, 2.05) is 0 Å². The molecule has 0 aromatic carbocycles. The van der Waals surface area contributed by atoms with Crippen LogP contribution in [0.2, 0.25) is 0 Å². The molecule has 0 aromatic heterocycles. The minimum absolute atomic E-state index is 0.0694. The quantitative estimate of drug-likeness (QED) is 0.549. The Balaban J connectivity index is 0. The second kappa shape index (κ2) is 5.67. The molecule has 0 unspecified atom stereocenters. The summed E-state index contributed by atoms with van der Waals surface area (Å²) in [5.41, 5.74) is 4.00. The van der Waals surface area contributed by atoms with Gasteiger partial charge in [0, 0.05) is 0 Å². The average molecular weight is 220 g/mol. The Morgan fingerprint density at radius 1 is 1.33 bits per heavy atom. The van der Waals surface area contributed by atoms with E-state index < -0.39 is 17.5 Å². The summed E-state index contributed by atoms with van der Waals surface area (Å²) in [4.78, 5) is 19.8. The highest BCUT2D eigenvalue weighted by Crippen LogP contribution is 1.93. The van der Waals surface area contributed by atoms with Gasteiger partial charge in [0.05, 0.1) is 27.1 Å². The number of carbonyl (C=O) groups excluding carboxylic acids is 1. The van der Waals surface area contributed by atoms with Crippen LogP contribution in [0.1, 0.15) is 13.8 Å². The van der Waals surface area contributed by atoms with E-state index in [1.54, 1.807) is 21.1 Å². The summed E-state index contributed by atoms with van der Waals surface area (Å²) in [6.45, 7) is 2.95. The Labute approximate surface area is 89.9 Å². The summed E-state index contributed by atoms with van der Waals surface area (Å²) in [6.07, 6.45) is 0. The zero-order chi connectivity index (χ0) is 12.9. The van der Waals surface area contributed by atoms with Gasteiger partial charge in [-0.3, -0.25) is 4.79 Å². The molecule has 0 bridgehead atoms. The van der Waals surface area contributed by atoms with Crippen LogP contribution in [0.3, 0.4) is 0 Å². The van der Waals surface area contributed by atoms with Crippen LogP contribution in [0.5, 0.6) is 0 Å². The molecule has 3 N–H and O–H groups in total. The van der Waals surface area contributed by atoms with Crippen molar-refractivity contribution in [3.05, 3.63) is 0 Å². The first-order chi connectivity index (χ1) is 6.36.